The summed E-state index contributed by atoms with van der Waals surface area (Å²) in [7, 11) is 1.86. The molecule has 5 heteroatoms. The van der Waals surface area contributed by atoms with Gasteiger partial charge < -0.3 is 15.5 Å². The highest BCUT2D eigenvalue weighted by Gasteiger charge is 2.17. The van der Waals surface area contributed by atoms with Crippen molar-refractivity contribution in [1.82, 2.24) is 15.5 Å². The fourth-order valence-electron chi connectivity index (χ4n) is 1.77. The first-order valence-corrected chi connectivity index (χ1v) is 5.93. The highest BCUT2D eigenvalue weighted by molar-refractivity contribution is 5.84. The third kappa shape index (κ3) is 4.61. The van der Waals surface area contributed by atoms with Crippen molar-refractivity contribution in [2.75, 3.05) is 33.2 Å². The Morgan fingerprint density at radius 1 is 1.25 bits per heavy atom. The van der Waals surface area contributed by atoms with Crippen LogP contribution in [-0.2, 0) is 9.59 Å². The van der Waals surface area contributed by atoms with Gasteiger partial charge in [-0.2, -0.15) is 0 Å². The zero-order valence-electron chi connectivity index (χ0n) is 9.92. The SMILES string of the molecule is CNCCCC(=O)NCC(=O)N1CCCC1. The van der Waals surface area contributed by atoms with Crippen molar-refractivity contribution in [3.63, 3.8) is 0 Å². The average Bonchev–Trinajstić information content (AvgIpc) is 2.79. The van der Waals surface area contributed by atoms with Crippen molar-refractivity contribution < 1.29 is 9.59 Å². The molecular weight excluding hydrogens is 206 g/mol. The van der Waals surface area contributed by atoms with E-state index in [1.165, 1.54) is 0 Å². The van der Waals surface area contributed by atoms with Crippen molar-refractivity contribution in [2.45, 2.75) is 25.7 Å². The number of hydrogen-bond donors (Lipinski definition) is 2. The van der Waals surface area contributed by atoms with Crippen molar-refractivity contribution >= 4 is 11.8 Å². The van der Waals surface area contributed by atoms with Crippen LogP contribution in [0.25, 0.3) is 0 Å². The van der Waals surface area contributed by atoms with E-state index in [1.54, 1.807) is 0 Å². The van der Waals surface area contributed by atoms with E-state index in [9.17, 15) is 9.59 Å². The van der Waals surface area contributed by atoms with E-state index in [0.29, 0.717) is 6.42 Å². The largest absolute Gasteiger partial charge is 0.347 e. The highest BCUT2D eigenvalue weighted by atomic mass is 16.2. The second-order valence-electron chi connectivity index (χ2n) is 4.07. The fourth-order valence-corrected chi connectivity index (χ4v) is 1.77. The van der Waals surface area contributed by atoms with Crippen LogP contribution < -0.4 is 10.6 Å². The number of nitrogens with one attached hydrogen (secondary N) is 2. The number of likely N-dealkylation sites (tertiary alicyclic amines) is 1. The van der Waals surface area contributed by atoms with Gasteiger partial charge in [-0.05, 0) is 32.9 Å². The maximum absolute atomic E-state index is 11.6. The molecule has 0 unspecified atom stereocenters. The van der Waals surface area contributed by atoms with Gasteiger partial charge >= 0.3 is 0 Å². The number of carbonyl (C=O) groups excluding carboxylic acids is 2. The zero-order chi connectivity index (χ0) is 11.8. The lowest BCUT2D eigenvalue weighted by atomic mass is 10.3. The van der Waals surface area contributed by atoms with Gasteiger partial charge in [-0.15, -0.1) is 0 Å². The summed E-state index contributed by atoms with van der Waals surface area (Å²) in [6.07, 6.45) is 3.46. The summed E-state index contributed by atoms with van der Waals surface area (Å²) < 4.78 is 0. The molecule has 0 atom stereocenters. The maximum Gasteiger partial charge on any atom is 0.241 e. The normalized spacial score (nSPS) is 15.2. The lowest BCUT2D eigenvalue weighted by molar-refractivity contribution is -0.132. The van der Waals surface area contributed by atoms with Crippen LogP contribution in [0.15, 0.2) is 0 Å². The van der Waals surface area contributed by atoms with Gasteiger partial charge in [-0.1, -0.05) is 0 Å². The molecular formula is C11H21N3O2. The minimum absolute atomic E-state index is 0.0391. The van der Waals surface area contributed by atoms with E-state index in [0.717, 1.165) is 38.9 Å². The Morgan fingerprint density at radius 3 is 2.56 bits per heavy atom. The Bertz CT molecular complexity index is 237. The standard InChI is InChI=1S/C11H21N3O2/c1-12-6-4-5-10(15)13-9-11(16)14-7-2-3-8-14/h12H,2-9H2,1H3,(H,13,15). The van der Waals surface area contributed by atoms with Crippen LogP contribution in [0.4, 0.5) is 0 Å². The summed E-state index contributed by atoms with van der Waals surface area (Å²) >= 11 is 0. The second-order valence-corrected chi connectivity index (χ2v) is 4.07. The van der Waals surface area contributed by atoms with Crippen LogP contribution in [0.5, 0.6) is 0 Å². The summed E-state index contributed by atoms with van der Waals surface area (Å²) in [5.41, 5.74) is 0. The van der Waals surface area contributed by atoms with Gasteiger partial charge in [0.25, 0.3) is 0 Å². The predicted octanol–water partition coefficient (Wildman–Crippen LogP) is -0.275. The Balaban J connectivity index is 2.08. The zero-order valence-corrected chi connectivity index (χ0v) is 9.92. The third-order valence-electron chi connectivity index (χ3n) is 2.73. The molecule has 1 saturated heterocycles. The Kier molecular flexibility index (Phi) is 5.85. The molecule has 2 N–H and O–H groups in total. The predicted molar refractivity (Wildman–Crippen MR) is 62.0 cm³/mol. The smallest absolute Gasteiger partial charge is 0.241 e. The lowest BCUT2D eigenvalue weighted by Crippen LogP contribution is -2.38. The Morgan fingerprint density at radius 2 is 1.94 bits per heavy atom. The number of amides is 2. The summed E-state index contributed by atoms with van der Waals surface area (Å²) in [5.74, 6) is 0.00210. The minimum Gasteiger partial charge on any atom is -0.347 e. The number of carbonyl (C=O) groups is 2. The molecule has 0 bridgehead atoms. The molecule has 92 valence electrons. The van der Waals surface area contributed by atoms with Crippen molar-refractivity contribution in [2.24, 2.45) is 0 Å². The fraction of sp³-hybridized carbons (Fsp3) is 0.818. The van der Waals surface area contributed by atoms with E-state index in [4.69, 9.17) is 0 Å². The van der Waals surface area contributed by atoms with E-state index in [2.05, 4.69) is 10.6 Å². The summed E-state index contributed by atoms with van der Waals surface area (Å²) in [4.78, 5) is 24.7. The number of nitrogens with zero attached hydrogens (tertiary/aromatic N) is 1. The molecule has 16 heavy (non-hydrogen) atoms. The molecule has 0 aromatic heterocycles. The van der Waals surface area contributed by atoms with Crippen LogP contribution in [0.1, 0.15) is 25.7 Å². The van der Waals surface area contributed by atoms with E-state index in [-0.39, 0.29) is 18.4 Å². The van der Waals surface area contributed by atoms with Gasteiger partial charge in [0, 0.05) is 19.5 Å². The quantitative estimate of drug-likeness (QED) is 0.614. The molecule has 1 rings (SSSR count). The molecule has 5 nitrogen and oxygen atoms in total. The van der Waals surface area contributed by atoms with Gasteiger partial charge in [-0.25, -0.2) is 0 Å². The monoisotopic (exact) mass is 227 g/mol. The Hall–Kier alpha value is -1.10. The molecule has 1 aliphatic heterocycles. The first kappa shape index (κ1) is 13.0. The first-order chi connectivity index (χ1) is 7.74. The lowest BCUT2D eigenvalue weighted by Gasteiger charge is -2.15. The van der Waals surface area contributed by atoms with E-state index in [1.807, 2.05) is 11.9 Å². The van der Waals surface area contributed by atoms with Gasteiger partial charge in [0.2, 0.25) is 11.8 Å². The number of rotatable bonds is 6. The molecule has 0 spiro atoms. The minimum atomic E-state index is -0.0391. The van der Waals surface area contributed by atoms with Crippen LogP contribution in [-0.4, -0.2) is 49.9 Å². The summed E-state index contributed by atoms with van der Waals surface area (Å²) in [5, 5.41) is 5.64. The van der Waals surface area contributed by atoms with Gasteiger partial charge in [0.1, 0.15) is 0 Å². The summed E-state index contributed by atoms with van der Waals surface area (Å²) in [6.45, 7) is 2.66. The van der Waals surface area contributed by atoms with Gasteiger partial charge in [0.15, 0.2) is 0 Å². The molecule has 1 aliphatic rings. The number of hydrogen-bond acceptors (Lipinski definition) is 3. The molecule has 0 saturated carbocycles. The Labute approximate surface area is 96.6 Å². The van der Waals surface area contributed by atoms with Crippen molar-refractivity contribution in [3.8, 4) is 0 Å². The maximum atomic E-state index is 11.6. The summed E-state index contributed by atoms with van der Waals surface area (Å²) in [6, 6.07) is 0. The van der Waals surface area contributed by atoms with Crippen LogP contribution in [0.3, 0.4) is 0 Å². The van der Waals surface area contributed by atoms with Gasteiger partial charge in [-0.3, -0.25) is 9.59 Å². The molecule has 0 aliphatic carbocycles. The molecule has 0 aromatic rings. The van der Waals surface area contributed by atoms with Crippen LogP contribution >= 0.6 is 0 Å². The average molecular weight is 227 g/mol. The van der Waals surface area contributed by atoms with Crippen molar-refractivity contribution in [3.05, 3.63) is 0 Å². The van der Waals surface area contributed by atoms with Crippen molar-refractivity contribution in [1.29, 1.82) is 0 Å². The first-order valence-electron chi connectivity index (χ1n) is 5.93. The molecule has 1 fully saturated rings. The molecule has 0 radical (unpaired) electrons. The topological polar surface area (TPSA) is 61.4 Å². The van der Waals surface area contributed by atoms with Crippen LogP contribution in [0.2, 0.25) is 0 Å². The van der Waals surface area contributed by atoms with E-state index < -0.39 is 0 Å². The van der Waals surface area contributed by atoms with Gasteiger partial charge in [0.05, 0.1) is 6.54 Å². The third-order valence-corrected chi connectivity index (χ3v) is 2.73. The molecule has 2 amide bonds. The van der Waals surface area contributed by atoms with E-state index >= 15 is 0 Å². The van der Waals surface area contributed by atoms with Crippen LogP contribution in [0, 0.1) is 0 Å². The molecule has 0 aromatic carbocycles. The second kappa shape index (κ2) is 7.22. The highest BCUT2D eigenvalue weighted by Crippen LogP contribution is 2.06. The molecule has 1 heterocycles.